The number of hydrogen-bond donors (Lipinski definition) is 2. The quantitative estimate of drug-likeness (QED) is 0.801. The maximum Gasteiger partial charge on any atom is 0.251 e. The van der Waals surface area contributed by atoms with Crippen LogP contribution in [0.4, 0.5) is 0 Å². The van der Waals surface area contributed by atoms with Gasteiger partial charge < -0.3 is 10.6 Å². The van der Waals surface area contributed by atoms with Gasteiger partial charge in [-0.2, -0.15) is 0 Å². The summed E-state index contributed by atoms with van der Waals surface area (Å²) in [5.74, 6) is 0.309. The number of halogens is 1. The van der Waals surface area contributed by atoms with Gasteiger partial charge in [0.05, 0.1) is 0 Å². The van der Waals surface area contributed by atoms with Gasteiger partial charge in [-0.1, -0.05) is 31.9 Å². The van der Waals surface area contributed by atoms with Crippen molar-refractivity contribution in [2.24, 2.45) is 11.8 Å². The molecule has 1 aromatic rings. The van der Waals surface area contributed by atoms with Crippen LogP contribution in [-0.4, -0.2) is 23.9 Å². The molecule has 5 heteroatoms. The lowest BCUT2D eigenvalue weighted by molar-refractivity contribution is -0.124. The highest BCUT2D eigenvalue weighted by Gasteiger charge is 2.32. The highest BCUT2D eigenvalue weighted by Crippen LogP contribution is 2.32. The molecule has 0 spiro atoms. The Hall–Kier alpha value is -1.55. The first kappa shape index (κ1) is 17.8. The van der Waals surface area contributed by atoms with Gasteiger partial charge >= 0.3 is 0 Å². The number of carbonyl (C=O) groups is 2. The predicted molar refractivity (Wildman–Crippen MR) is 92.5 cm³/mol. The standard InChI is InChI=1S/C18H25ClN2O2/c1-4-11(2)16(18(23)20-12(3)13-5-6-13)21-17(22)14-7-9-15(19)10-8-14/h7-13,16H,4-6H2,1-3H3,(H,20,23)(H,21,22). The normalized spacial score (nSPS) is 17.9. The number of hydrogen-bond acceptors (Lipinski definition) is 2. The first-order chi connectivity index (χ1) is 10.9. The Morgan fingerprint density at radius 2 is 1.78 bits per heavy atom. The molecule has 1 saturated carbocycles. The average molecular weight is 337 g/mol. The number of nitrogens with one attached hydrogen (secondary N) is 2. The van der Waals surface area contributed by atoms with E-state index in [1.54, 1.807) is 24.3 Å². The molecule has 0 saturated heterocycles. The van der Waals surface area contributed by atoms with E-state index < -0.39 is 6.04 Å². The first-order valence-corrected chi connectivity index (χ1v) is 8.67. The van der Waals surface area contributed by atoms with Crippen LogP contribution in [0.25, 0.3) is 0 Å². The molecule has 1 aromatic carbocycles. The fourth-order valence-corrected chi connectivity index (χ4v) is 2.68. The Bertz CT molecular complexity index is 555. The number of benzene rings is 1. The van der Waals surface area contributed by atoms with Crippen LogP contribution in [0.5, 0.6) is 0 Å². The van der Waals surface area contributed by atoms with Gasteiger partial charge in [-0.25, -0.2) is 0 Å². The van der Waals surface area contributed by atoms with Crippen LogP contribution in [0.2, 0.25) is 5.02 Å². The maximum atomic E-state index is 12.6. The molecular formula is C18H25ClN2O2. The molecule has 3 unspecified atom stereocenters. The Kier molecular flexibility index (Phi) is 6.05. The third-order valence-corrected chi connectivity index (χ3v) is 4.84. The van der Waals surface area contributed by atoms with E-state index >= 15 is 0 Å². The second kappa shape index (κ2) is 7.82. The molecule has 0 aromatic heterocycles. The lowest BCUT2D eigenvalue weighted by Gasteiger charge is -2.25. The molecule has 2 amide bonds. The van der Waals surface area contributed by atoms with E-state index in [9.17, 15) is 9.59 Å². The van der Waals surface area contributed by atoms with E-state index in [-0.39, 0.29) is 23.8 Å². The van der Waals surface area contributed by atoms with Crippen molar-refractivity contribution in [3.05, 3.63) is 34.9 Å². The van der Waals surface area contributed by atoms with E-state index in [0.29, 0.717) is 16.5 Å². The molecule has 1 aliphatic rings. The minimum atomic E-state index is -0.524. The average Bonchev–Trinajstić information content (AvgIpc) is 3.37. The molecular weight excluding hydrogens is 312 g/mol. The van der Waals surface area contributed by atoms with Crippen molar-refractivity contribution in [1.82, 2.24) is 10.6 Å². The largest absolute Gasteiger partial charge is 0.352 e. The van der Waals surface area contributed by atoms with Gasteiger partial charge in [0, 0.05) is 16.6 Å². The molecule has 126 valence electrons. The zero-order chi connectivity index (χ0) is 17.0. The van der Waals surface area contributed by atoms with Crippen LogP contribution in [0.3, 0.4) is 0 Å². The van der Waals surface area contributed by atoms with Gasteiger partial charge in [0.2, 0.25) is 5.91 Å². The summed E-state index contributed by atoms with van der Waals surface area (Å²) in [7, 11) is 0. The fourth-order valence-electron chi connectivity index (χ4n) is 2.56. The van der Waals surface area contributed by atoms with Crippen molar-refractivity contribution >= 4 is 23.4 Å². The molecule has 23 heavy (non-hydrogen) atoms. The van der Waals surface area contributed by atoms with Crippen molar-refractivity contribution < 1.29 is 9.59 Å². The summed E-state index contributed by atoms with van der Waals surface area (Å²) < 4.78 is 0. The monoisotopic (exact) mass is 336 g/mol. The van der Waals surface area contributed by atoms with Crippen LogP contribution in [0.15, 0.2) is 24.3 Å². The number of amides is 2. The second-order valence-electron chi connectivity index (χ2n) is 6.48. The van der Waals surface area contributed by atoms with Crippen LogP contribution in [0.1, 0.15) is 50.4 Å². The lowest BCUT2D eigenvalue weighted by atomic mass is 9.97. The van der Waals surface area contributed by atoms with Gasteiger partial charge in [-0.05, 0) is 55.9 Å². The summed E-state index contributed by atoms with van der Waals surface area (Å²) in [6, 6.07) is 6.31. The molecule has 0 radical (unpaired) electrons. The Balaban J connectivity index is 2.03. The van der Waals surface area contributed by atoms with E-state index in [2.05, 4.69) is 10.6 Å². The summed E-state index contributed by atoms with van der Waals surface area (Å²) in [5.41, 5.74) is 0.505. The fraction of sp³-hybridized carbons (Fsp3) is 0.556. The molecule has 4 nitrogen and oxygen atoms in total. The molecule has 2 N–H and O–H groups in total. The van der Waals surface area contributed by atoms with Crippen molar-refractivity contribution in [3.63, 3.8) is 0 Å². The number of carbonyl (C=O) groups excluding carboxylic acids is 2. The summed E-state index contributed by atoms with van der Waals surface area (Å²) in [4.78, 5) is 24.9. The second-order valence-corrected chi connectivity index (χ2v) is 6.91. The van der Waals surface area contributed by atoms with E-state index in [4.69, 9.17) is 11.6 Å². The Morgan fingerprint density at radius 3 is 2.30 bits per heavy atom. The van der Waals surface area contributed by atoms with Crippen molar-refractivity contribution in [3.8, 4) is 0 Å². The van der Waals surface area contributed by atoms with Gasteiger partial charge in [-0.15, -0.1) is 0 Å². The third kappa shape index (κ3) is 4.96. The molecule has 0 aliphatic heterocycles. The van der Waals surface area contributed by atoms with Gasteiger partial charge in [0.15, 0.2) is 0 Å². The van der Waals surface area contributed by atoms with Crippen molar-refractivity contribution in [2.75, 3.05) is 0 Å². The molecule has 1 fully saturated rings. The topological polar surface area (TPSA) is 58.2 Å². The summed E-state index contributed by atoms with van der Waals surface area (Å²) in [5, 5.41) is 6.50. The van der Waals surface area contributed by atoms with E-state index in [1.807, 2.05) is 20.8 Å². The van der Waals surface area contributed by atoms with Gasteiger partial charge in [-0.3, -0.25) is 9.59 Å². The first-order valence-electron chi connectivity index (χ1n) is 8.29. The van der Waals surface area contributed by atoms with Gasteiger partial charge in [0.25, 0.3) is 5.91 Å². The summed E-state index contributed by atoms with van der Waals surface area (Å²) >= 11 is 5.84. The predicted octanol–water partition coefficient (Wildman–Crippen LogP) is 3.40. The van der Waals surface area contributed by atoms with Gasteiger partial charge in [0.1, 0.15) is 6.04 Å². The smallest absolute Gasteiger partial charge is 0.251 e. The van der Waals surface area contributed by atoms with Crippen LogP contribution < -0.4 is 10.6 Å². The molecule has 2 rings (SSSR count). The molecule has 0 bridgehead atoms. The minimum absolute atomic E-state index is 0.0673. The summed E-state index contributed by atoms with van der Waals surface area (Å²) in [6.45, 7) is 6.03. The van der Waals surface area contributed by atoms with E-state index in [0.717, 1.165) is 6.42 Å². The van der Waals surface area contributed by atoms with Crippen LogP contribution in [-0.2, 0) is 4.79 Å². The van der Waals surface area contributed by atoms with E-state index in [1.165, 1.54) is 12.8 Å². The Morgan fingerprint density at radius 1 is 1.17 bits per heavy atom. The zero-order valence-corrected chi connectivity index (χ0v) is 14.7. The highest BCUT2D eigenvalue weighted by atomic mass is 35.5. The number of rotatable bonds is 7. The molecule has 3 atom stereocenters. The van der Waals surface area contributed by atoms with Crippen molar-refractivity contribution in [2.45, 2.75) is 52.1 Å². The SMILES string of the molecule is CCC(C)C(NC(=O)c1ccc(Cl)cc1)C(=O)NC(C)C1CC1. The third-order valence-electron chi connectivity index (χ3n) is 4.59. The lowest BCUT2D eigenvalue weighted by Crippen LogP contribution is -2.52. The minimum Gasteiger partial charge on any atom is -0.352 e. The maximum absolute atomic E-state index is 12.6. The van der Waals surface area contributed by atoms with Crippen LogP contribution >= 0.6 is 11.6 Å². The van der Waals surface area contributed by atoms with Crippen LogP contribution in [0, 0.1) is 11.8 Å². The highest BCUT2D eigenvalue weighted by molar-refractivity contribution is 6.30. The van der Waals surface area contributed by atoms with Crippen molar-refractivity contribution in [1.29, 1.82) is 0 Å². The zero-order valence-electron chi connectivity index (χ0n) is 13.9. The summed E-state index contributed by atoms with van der Waals surface area (Å²) in [6.07, 6.45) is 3.16. The Labute approximate surface area is 143 Å². The molecule has 1 aliphatic carbocycles. The molecule has 0 heterocycles.